The van der Waals surface area contributed by atoms with Crippen molar-refractivity contribution in [3.63, 3.8) is 0 Å². The molecule has 1 aromatic rings. The lowest BCUT2D eigenvalue weighted by atomic mass is 10.2. The van der Waals surface area contributed by atoms with E-state index in [1.54, 1.807) is 7.11 Å². The molecule has 2 rings (SSSR count). The van der Waals surface area contributed by atoms with Crippen molar-refractivity contribution in [2.75, 3.05) is 26.5 Å². The Labute approximate surface area is 149 Å². The first-order valence-corrected chi connectivity index (χ1v) is 9.84. The fraction of sp³-hybridized carbons (Fsp3) is 0.812. The van der Waals surface area contributed by atoms with Gasteiger partial charge in [-0.2, -0.15) is 11.8 Å². The summed E-state index contributed by atoms with van der Waals surface area (Å²) in [4.78, 5) is 4.70. The van der Waals surface area contributed by atoms with Crippen LogP contribution in [-0.2, 0) is 18.3 Å². The van der Waals surface area contributed by atoms with Crippen LogP contribution in [0.4, 0.5) is 0 Å². The Morgan fingerprint density at radius 1 is 1.42 bits per heavy atom. The van der Waals surface area contributed by atoms with E-state index < -0.39 is 0 Å². The normalized spacial score (nSPS) is 21.2. The van der Waals surface area contributed by atoms with Gasteiger partial charge in [0.2, 0.25) is 0 Å². The van der Waals surface area contributed by atoms with Gasteiger partial charge in [0.15, 0.2) is 11.8 Å². The van der Waals surface area contributed by atoms with Crippen molar-refractivity contribution in [3.05, 3.63) is 11.6 Å². The summed E-state index contributed by atoms with van der Waals surface area (Å²) in [5, 5.41) is 16.0. The van der Waals surface area contributed by atoms with Crippen LogP contribution in [0.15, 0.2) is 4.99 Å². The van der Waals surface area contributed by atoms with E-state index in [9.17, 15) is 0 Å². The number of hydrogen-bond acceptors (Lipinski definition) is 5. The molecule has 0 radical (unpaired) electrons. The highest BCUT2D eigenvalue weighted by Crippen LogP contribution is 2.28. The molecule has 0 bridgehead atoms. The largest absolute Gasteiger partial charge is 0.385 e. The number of guanidine groups is 1. The number of methoxy groups -OCH3 is 1. The fourth-order valence-electron chi connectivity index (χ4n) is 2.79. The van der Waals surface area contributed by atoms with Gasteiger partial charge in [0.25, 0.3) is 0 Å². The van der Waals surface area contributed by atoms with Crippen LogP contribution in [0.1, 0.15) is 37.3 Å². The maximum absolute atomic E-state index is 5.11. The van der Waals surface area contributed by atoms with Crippen LogP contribution in [0.2, 0.25) is 0 Å². The SMILES string of the molecule is COCCCNC(=NCc1nnc(C)n1C)NC1CCC(SC)C1. The highest BCUT2D eigenvalue weighted by Gasteiger charge is 2.24. The summed E-state index contributed by atoms with van der Waals surface area (Å²) >= 11 is 1.96. The number of aliphatic imine (C=N–C) groups is 1. The van der Waals surface area contributed by atoms with Crippen LogP contribution in [0.5, 0.6) is 0 Å². The second-order valence-electron chi connectivity index (χ2n) is 6.17. The molecule has 2 unspecified atom stereocenters. The summed E-state index contributed by atoms with van der Waals surface area (Å²) in [6.07, 6.45) is 6.83. The molecule has 8 heteroatoms. The average molecular weight is 355 g/mol. The molecule has 0 aliphatic heterocycles. The molecule has 0 aromatic carbocycles. The topological polar surface area (TPSA) is 76.4 Å². The standard InChI is InChI=1S/C16H30N6OS/c1-12-20-21-15(22(12)2)11-18-16(17-8-5-9-23-3)19-13-6-7-14(10-13)24-4/h13-14H,5-11H2,1-4H3,(H2,17,18,19). The maximum atomic E-state index is 5.11. The number of nitrogens with one attached hydrogen (secondary N) is 2. The molecule has 0 saturated heterocycles. The molecular formula is C16H30N6OS. The van der Waals surface area contributed by atoms with E-state index in [1.165, 1.54) is 19.3 Å². The lowest BCUT2D eigenvalue weighted by molar-refractivity contribution is 0.195. The van der Waals surface area contributed by atoms with E-state index >= 15 is 0 Å². The molecule has 136 valence electrons. The summed E-state index contributed by atoms with van der Waals surface area (Å²) in [6.45, 7) is 4.07. The van der Waals surface area contributed by atoms with Crippen molar-refractivity contribution < 1.29 is 4.74 Å². The van der Waals surface area contributed by atoms with Crippen molar-refractivity contribution in [2.24, 2.45) is 12.0 Å². The Morgan fingerprint density at radius 2 is 2.25 bits per heavy atom. The van der Waals surface area contributed by atoms with Crippen LogP contribution in [0.25, 0.3) is 0 Å². The number of nitrogens with zero attached hydrogens (tertiary/aromatic N) is 4. The fourth-order valence-corrected chi connectivity index (χ4v) is 3.59. The predicted molar refractivity (Wildman–Crippen MR) is 99.5 cm³/mol. The summed E-state index contributed by atoms with van der Waals surface area (Å²) in [5.41, 5.74) is 0. The number of rotatable bonds is 8. The number of ether oxygens (including phenoxy) is 1. The lowest BCUT2D eigenvalue weighted by Crippen LogP contribution is -2.43. The zero-order chi connectivity index (χ0) is 17.4. The third kappa shape index (κ3) is 5.66. The molecule has 2 atom stereocenters. The highest BCUT2D eigenvalue weighted by atomic mass is 32.2. The minimum absolute atomic E-state index is 0.498. The minimum atomic E-state index is 0.498. The van der Waals surface area contributed by atoms with Crippen LogP contribution < -0.4 is 10.6 Å². The smallest absolute Gasteiger partial charge is 0.191 e. The molecule has 0 amide bonds. The van der Waals surface area contributed by atoms with Gasteiger partial charge < -0.3 is 19.9 Å². The number of aromatic nitrogens is 3. The van der Waals surface area contributed by atoms with Crippen molar-refractivity contribution in [2.45, 2.75) is 50.4 Å². The van der Waals surface area contributed by atoms with E-state index in [-0.39, 0.29) is 0 Å². The van der Waals surface area contributed by atoms with E-state index in [0.717, 1.165) is 42.4 Å². The summed E-state index contributed by atoms with van der Waals surface area (Å²) < 4.78 is 7.09. The first-order chi connectivity index (χ1) is 11.6. The molecule has 0 spiro atoms. The number of hydrogen-bond donors (Lipinski definition) is 2. The molecule has 24 heavy (non-hydrogen) atoms. The molecule has 1 aromatic heterocycles. The van der Waals surface area contributed by atoms with Crippen LogP contribution in [-0.4, -0.2) is 58.5 Å². The van der Waals surface area contributed by atoms with Crippen LogP contribution in [0, 0.1) is 6.92 Å². The van der Waals surface area contributed by atoms with Gasteiger partial charge in [0.1, 0.15) is 12.4 Å². The summed E-state index contributed by atoms with van der Waals surface area (Å²) in [6, 6.07) is 0.498. The van der Waals surface area contributed by atoms with Crippen molar-refractivity contribution in [1.82, 2.24) is 25.4 Å². The van der Waals surface area contributed by atoms with Crippen molar-refractivity contribution in [3.8, 4) is 0 Å². The molecule has 1 aliphatic rings. The second-order valence-corrected chi connectivity index (χ2v) is 7.31. The first-order valence-electron chi connectivity index (χ1n) is 8.55. The number of thioether (sulfide) groups is 1. The molecule has 7 nitrogen and oxygen atoms in total. The number of aryl methyl sites for hydroxylation is 1. The molecule has 1 aliphatic carbocycles. The molecule has 1 heterocycles. The highest BCUT2D eigenvalue weighted by molar-refractivity contribution is 7.99. The van der Waals surface area contributed by atoms with Gasteiger partial charge in [-0.3, -0.25) is 0 Å². The molecule has 1 fully saturated rings. The molecule has 1 saturated carbocycles. The van der Waals surface area contributed by atoms with Gasteiger partial charge in [-0.25, -0.2) is 4.99 Å². The average Bonchev–Trinajstić information content (AvgIpc) is 3.17. The maximum Gasteiger partial charge on any atom is 0.191 e. The second kappa shape index (κ2) is 9.88. The zero-order valence-electron chi connectivity index (χ0n) is 15.2. The Hall–Kier alpha value is -1.28. The minimum Gasteiger partial charge on any atom is -0.385 e. The van der Waals surface area contributed by atoms with E-state index in [0.29, 0.717) is 12.6 Å². The van der Waals surface area contributed by atoms with E-state index in [2.05, 4.69) is 27.1 Å². The Balaban J connectivity index is 1.93. The van der Waals surface area contributed by atoms with Gasteiger partial charge in [-0.15, -0.1) is 10.2 Å². The van der Waals surface area contributed by atoms with Crippen molar-refractivity contribution >= 4 is 17.7 Å². The van der Waals surface area contributed by atoms with Gasteiger partial charge in [-0.1, -0.05) is 0 Å². The summed E-state index contributed by atoms with van der Waals surface area (Å²) in [7, 11) is 3.70. The third-order valence-corrected chi connectivity index (χ3v) is 5.53. The van der Waals surface area contributed by atoms with Crippen molar-refractivity contribution in [1.29, 1.82) is 0 Å². The predicted octanol–water partition coefficient (Wildman–Crippen LogP) is 1.48. The van der Waals surface area contributed by atoms with Gasteiger partial charge >= 0.3 is 0 Å². The van der Waals surface area contributed by atoms with E-state index in [1.807, 2.05) is 30.3 Å². The lowest BCUT2D eigenvalue weighted by Gasteiger charge is -2.18. The third-order valence-electron chi connectivity index (χ3n) is 4.44. The summed E-state index contributed by atoms with van der Waals surface area (Å²) in [5.74, 6) is 2.64. The monoisotopic (exact) mass is 354 g/mol. The molecular weight excluding hydrogens is 324 g/mol. The van der Waals surface area contributed by atoms with Gasteiger partial charge in [0.05, 0.1) is 0 Å². The van der Waals surface area contributed by atoms with Gasteiger partial charge in [0, 0.05) is 38.6 Å². The van der Waals surface area contributed by atoms with Crippen LogP contribution in [0.3, 0.4) is 0 Å². The Morgan fingerprint density at radius 3 is 2.88 bits per heavy atom. The van der Waals surface area contributed by atoms with Gasteiger partial charge in [-0.05, 0) is 38.9 Å². The Kier molecular flexibility index (Phi) is 7.84. The van der Waals surface area contributed by atoms with E-state index in [4.69, 9.17) is 9.73 Å². The Bertz CT molecular complexity index is 533. The quantitative estimate of drug-likeness (QED) is 0.418. The zero-order valence-corrected chi connectivity index (χ0v) is 16.0. The van der Waals surface area contributed by atoms with Crippen LogP contribution >= 0.6 is 11.8 Å². The first kappa shape index (κ1) is 19.1. The molecule has 2 N–H and O–H groups in total.